The highest BCUT2D eigenvalue weighted by molar-refractivity contribution is 6.31. The van der Waals surface area contributed by atoms with Gasteiger partial charge >= 0.3 is 0 Å². The van der Waals surface area contributed by atoms with Gasteiger partial charge in [0.25, 0.3) is 0 Å². The molecule has 1 saturated heterocycles. The van der Waals surface area contributed by atoms with Crippen LogP contribution in [-0.4, -0.2) is 45.0 Å². The summed E-state index contributed by atoms with van der Waals surface area (Å²) in [7, 11) is 4.07. The summed E-state index contributed by atoms with van der Waals surface area (Å²) < 4.78 is 15.9. The molecule has 1 fully saturated rings. The molecule has 40 heavy (non-hydrogen) atoms. The maximum atomic E-state index is 13.8. The Balaban J connectivity index is 1.48. The summed E-state index contributed by atoms with van der Waals surface area (Å²) in [6.07, 6.45) is 9.23. The van der Waals surface area contributed by atoms with E-state index >= 15 is 0 Å². The van der Waals surface area contributed by atoms with E-state index in [9.17, 15) is 9.18 Å². The molecule has 0 radical (unpaired) electrons. The number of fused-ring (bicyclic) bond motifs is 2. The van der Waals surface area contributed by atoms with E-state index in [1.807, 2.05) is 37.5 Å². The Morgan fingerprint density at radius 2 is 1.98 bits per heavy atom. The first-order chi connectivity index (χ1) is 19.4. The van der Waals surface area contributed by atoms with Gasteiger partial charge in [0.05, 0.1) is 15.9 Å². The maximum absolute atomic E-state index is 13.8. The monoisotopic (exact) mass is 554 g/mol. The fourth-order valence-electron chi connectivity index (χ4n) is 5.33. The normalized spacial score (nSPS) is 15.8. The van der Waals surface area contributed by atoms with Gasteiger partial charge in [0.1, 0.15) is 18.0 Å². The van der Waals surface area contributed by atoms with E-state index in [2.05, 4.69) is 55.3 Å². The van der Waals surface area contributed by atoms with Crippen molar-refractivity contribution in [3.8, 4) is 11.1 Å². The standard InChI is InChI=1S/C31H28ClFN6O/c1-38-14-3-4-22(38)8-12-28(40)37-26-11-10-25-30(29(26)20-6-5-19-13-15-39(2)27(19)16-20)31(35-18-34-25)36-21-7-9-24(33)23(32)17-21/h5-13,15-18,22H,3-4,14H2,1-2H3,(H,37,40)(H,34,35,36)/b12-8+. The predicted molar refractivity (Wildman–Crippen MR) is 160 cm³/mol. The number of aromatic nitrogens is 3. The SMILES string of the molecule is CN1CCCC1/C=C/C(=O)Nc1ccc2ncnc(Nc3ccc(F)c(Cl)c3)c2c1-c1ccc2ccn(C)c2c1. The van der Waals surface area contributed by atoms with E-state index in [0.717, 1.165) is 41.4 Å². The number of nitrogens with zero attached hydrogens (tertiary/aromatic N) is 4. The van der Waals surface area contributed by atoms with Crippen molar-refractivity contribution in [2.24, 2.45) is 7.05 Å². The quantitative estimate of drug-likeness (QED) is 0.223. The first-order valence-electron chi connectivity index (χ1n) is 13.1. The maximum Gasteiger partial charge on any atom is 0.248 e. The molecule has 6 rings (SSSR count). The molecule has 3 heterocycles. The minimum atomic E-state index is -0.502. The van der Waals surface area contributed by atoms with Gasteiger partial charge in [0, 0.05) is 47.8 Å². The van der Waals surface area contributed by atoms with Crippen LogP contribution in [-0.2, 0) is 11.8 Å². The van der Waals surface area contributed by atoms with Crippen LogP contribution in [0, 0.1) is 5.82 Å². The number of hydrogen-bond donors (Lipinski definition) is 2. The Kier molecular flexibility index (Phi) is 6.96. The minimum Gasteiger partial charge on any atom is -0.351 e. The molecule has 0 aliphatic carbocycles. The number of halogens is 2. The molecule has 0 spiro atoms. The zero-order chi connectivity index (χ0) is 27.8. The Labute approximate surface area is 236 Å². The van der Waals surface area contributed by atoms with E-state index in [0.29, 0.717) is 28.1 Å². The number of likely N-dealkylation sites (N-methyl/N-ethyl adjacent to an activating group) is 1. The molecule has 1 aliphatic heterocycles. The van der Waals surface area contributed by atoms with Crippen LogP contribution >= 0.6 is 11.6 Å². The second-order valence-electron chi connectivity index (χ2n) is 10.1. The summed E-state index contributed by atoms with van der Waals surface area (Å²) in [5.74, 6) is -0.204. The molecule has 2 aromatic heterocycles. The summed E-state index contributed by atoms with van der Waals surface area (Å²) in [5, 5.41) is 8.20. The van der Waals surface area contributed by atoms with Gasteiger partial charge in [-0.1, -0.05) is 29.8 Å². The molecule has 1 atom stereocenters. The molecule has 1 unspecified atom stereocenters. The molecular weight excluding hydrogens is 527 g/mol. The number of hydrogen-bond acceptors (Lipinski definition) is 5. The third kappa shape index (κ3) is 5.03. The van der Waals surface area contributed by atoms with Gasteiger partial charge in [0.2, 0.25) is 5.91 Å². The van der Waals surface area contributed by atoms with Gasteiger partial charge in [-0.3, -0.25) is 9.69 Å². The highest BCUT2D eigenvalue weighted by atomic mass is 35.5. The number of nitrogens with one attached hydrogen (secondary N) is 2. The second-order valence-corrected chi connectivity index (χ2v) is 10.5. The van der Waals surface area contributed by atoms with Crippen LogP contribution in [0.15, 0.2) is 79.3 Å². The van der Waals surface area contributed by atoms with Crippen molar-refractivity contribution in [3.63, 3.8) is 0 Å². The topological polar surface area (TPSA) is 75.1 Å². The smallest absolute Gasteiger partial charge is 0.248 e. The lowest BCUT2D eigenvalue weighted by Gasteiger charge is -2.17. The fourth-order valence-corrected chi connectivity index (χ4v) is 5.51. The third-order valence-electron chi connectivity index (χ3n) is 7.47. The Bertz CT molecular complexity index is 1780. The van der Waals surface area contributed by atoms with Gasteiger partial charge in [-0.15, -0.1) is 0 Å². The van der Waals surface area contributed by atoms with E-state index in [4.69, 9.17) is 11.6 Å². The van der Waals surface area contributed by atoms with Gasteiger partial charge < -0.3 is 15.2 Å². The molecule has 0 saturated carbocycles. The average Bonchev–Trinajstić information content (AvgIpc) is 3.54. The Hall–Kier alpha value is -4.27. The number of benzene rings is 3. The van der Waals surface area contributed by atoms with Crippen molar-refractivity contribution in [2.75, 3.05) is 24.2 Å². The van der Waals surface area contributed by atoms with E-state index in [-0.39, 0.29) is 17.0 Å². The number of aryl methyl sites for hydroxylation is 1. The summed E-state index contributed by atoms with van der Waals surface area (Å²) in [6, 6.07) is 16.6. The number of likely N-dealkylation sites (tertiary alicyclic amines) is 1. The van der Waals surface area contributed by atoms with Gasteiger partial charge in [-0.2, -0.15) is 0 Å². The van der Waals surface area contributed by atoms with Crippen molar-refractivity contribution in [1.29, 1.82) is 0 Å². The van der Waals surface area contributed by atoms with E-state index in [1.165, 1.54) is 18.5 Å². The molecule has 202 valence electrons. The van der Waals surface area contributed by atoms with E-state index in [1.54, 1.807) is 12.1 Å². The minimum absolute atomic E-state index is 0.00499. The van der Waals surface area contributed by atoms with Crippen molar-refractivity contribution >= 4 is 56.5 Å². The zero-order valence-electron chi connectivity index (χ0n) is 22.2. The van der Waals surface area contributed by atoms with Crippen LogP contribution in [0.2, 0.25) is 5.02 Å². The van der Waals surface area contributed by atoms with Gasteiger partial charge in [-0.25, -0.2) is 14.4 Å². The molecule has 7 nitrogen and oxygen atoms in total. The summed E-state index contributed by atoms with van der Waals surface area (Å²) in [5.41, 5.74) is 4.61. The molecule has 3 aromatic carbocycles. The molecule has 1 aliphatic rings. The largest absolute Gasteiger partial charge is 0.351 e. The van der Waals surface area contributed by atoms with Crippen LogP contribution in [0.3, 0.4) is 0 Å². The molecule has 0 bridgehead atoms. The van der Waals surface area contributed by atoms with Crippen molar-refractivity contribution in [2.45, 2.75) is 18.9 Å². The highest BCUT2D eigenvalue weighted by Crippen LogP contribution is 2.40. The lowest BCUT2D eigenvalue weighted by molar-refractivity contribution is -0.111. The number of anilines is 3. The van der Waals surface area contributed by atoms with Gasteiger partial charge in [0.15, 0.2) is 0 Å². The van der Waals surface area contributed by atoms with Crippen molar-refractivity contribution in [1.82, 2.24) is 19.4 Å². The van der Waals surface area contributed by atoms with Crippen LogP contribution < -0.4 is 10.6 Å². The molecule has 2 N–H and O–H groups in total. The summed E-state index contributed by atoms with van der Waals surface area (Å²) in [4.78, 5) is 24.4. The van der Waals surface area contributed by atoms with Crippen molar-refractivity contribution in [3.05, 3.63) is 90.1 Å². The first-order valence-corrected chi connectivity index (χ1v) is 13.5. The van der Waals surface area contributed by atoms with Crippen LogP contribution in [0.25, 0.3) is 32.9 Å². The zero-order valence-corrected chi connectivity index (χ0v) is 22.9. The van der Waals surface area contributed by atoms with Crippen molar-refractivity contribution < 1.29 is 9.18 Å². The molecule has 1 amide bonds. The lowest BCUT2D eigenvalue weighted by atomic mass is 9.97. The number of amides is 1. The fraction of sp³-hybridized carbons (Fsp3) is 0.194. The summed E-state index contributed by atoms with van der Waals surface area (Å²) >= 11 is 6.05. The van der Waals surface area contributed by atoms with Crippen LogP contribution in [0.1, 0.15) is 12.8 Å². The van der Waals surface area contributed by atoms with E-state index < -0.39 is 5.82 Å². The Morgan fingerprint density at radius 1 is 1.10 bits per heavy atom. The van der Waals surface area contributed by atoms with Gasteiger partial charge in [-0.05, 0) is 79.8 Å². The highest BCUT2D eigenvalue weighted by Gasteiger charge is 2.20. The van der Waals surface area contributed by atoms with Crippen LogP contribution in [0.5, 0.6) is 0 Å². The first kappa shape index (κ1) is 26.0. The average molecular weight is 555 g/mol. The Morgan fingerprint density at radius 3 is 2.77 bits per heavy atom. The molecular formula is C31H28ClFN6O. The number of rotatable bonds is 6. The lowest BCUT2D eigenvalue weighted by Crippen LogP contribution is -2.23. The number of carbonyl (C=O) groups excluding carboxylic acids is 1. The van der Waals surface area contributed by atoms with Crippen LogP contribution in [0.4, 0.5) is 21.6 Å². The second kappa shape index (κ2) is 10.7. The summed E-state index contributed by atoms with van der Waals surface area (Å²) in [6.45, 7) is 1.03. The molecule has 9 heteroatoms. The predicted octanol–water partition coefficient (Wildman–Crippen LogP) is 6.91. The molecule has 5 aromatic rings. The number of carbonyl (C=O) groups is 1. The third-order valence-corrected chi connectivity index (χ3v) is 7.76.